The quantitative estimate of drug-likeness (QED) is 0.642. The van der Waals surface area contributed by atoms with E-state index in [2.05, 4.69) is 64.6 Å². The highest BCUT2D eigenvalue weighted by Gasteiger charge is 2.39. The first kappa shape index (κ1) is 18.4. The summed E-state index contributed by atoms with van der Waals surface area (Å²) in [5.41, 5.74) is 3.74. The average Bonchev–Trinajstić information content (AvgIpc) is 2.93. The van der Waals surface area contributed by atoms with Gasteiger partial charge in [-0.3, -0.25) is 0 Å². The van der Waals surface area contributed by atoms with Crippen LogP contribution in [0.5, 0.6) is 5.75 Å². The molecule has 0 aromatic heterocycles. The van der Waals surface area contributed by atoms with Crippen molar-refractivity contribution in [3.05, 3.63) is 35.4 Å². The molecule has 1 aliphatic rings. The lowest BCUT2D eigenvalue weighted by Gasteiger charge is -2.35. The van der Waals surface area contributed by atoms with Crippen LogP contribution in [-0.4, -0.2) is 22.6 Å². The van der Waals surface area contributed by atoms with Gasteiger partial charge >= 0.3 is 0 Å². The lowest BCUT2D eigenvalue weighted by Crippen LogP contribution is -2.41. The molecule has 136 valence electrons. The summed E-state index contributed by atoms with van der Waals surface area (Å²) in [4.78, 5) is 2.40. The number of fused-ring (bicyclic) bond motifs is 3. The van der Waals surface area contributed by atoms with Crippen LogP contribution >= 0.6 is 11.6 Å². The number of nitrogens with zero attached hydrogens (tertiary/aromatic N) is 1. The zero-order chi connectivity index (χ0) is 18.5. The average molecular weight is 360 g/mol. The van der Waals surface area contributed by atoms with E-state index in [4.69, 9.17) is 11.6 Å². The van der Waals surface area contributed by atoms with Gasteiger partial charge in [-0.15, -0.1) is 11.6 Å². The van der Waals surface area contributed by atoms with Crippen LogP contribution in [-0.2, 0) is 0 Å². The molecule has 2 aromatic rings. The van der Waals surface area contributed by atoms with Crippen LogP contribution in [0.25, 0.3) is 10.8 Å². The molecule has 2 aromatic carbocycles. The van der Waals surface area contributed by atoms with E-state index in [1.807, 2.05) is 6.07 Å². The van der Waals surface area contributed by atoms with Gasteiger partial charge in [-0.05, 0) is 49.6 Å². The number of halogens is 1. The molecule has 0 bridgehead atoms. The van der Waals surface area contributed by atoms with Crippen molar-refractivity contribution in [2.45, 2.75) is 70.7 Å². The standard InChI is InChI=1S/C22H30ClNO/c1-7-18(23)17-12-24(22(4,5)6)19-11-20(25)15-9-8-14(13(2)3)10-16(15)21(17)19/h8-11,13,17-18,25H,7,12H2,1-6H3/t17-,18+/m0/s1. The zero-order valence-electron chi connectivity index (χ0n) is 16.2. The molecule has 3 heteroatoms. The van der Waals surface area contributed by atoms with Crippen molar-refractivity contribution in [2.75, 3.05) is 11.4 Å². The van der Waals surface area contributed by atoms with Gasteiger partial charge in [-0.1, -0.05) is 39.0 Å². The van der Waals surface area contributed by atoms with Gasteiger partial charge in [0.1, 0.15) is 5.75 Å². The molecule has 0 fully saturated rings. The molecule has 0 spiro atoms. The Bertz CT molecular complexity index is 791. The SMILES string of the molecule is CC[C@@H](Cl)[C@@H]1CN(C(C)(C)C)c2cc(O)c3ccc(C(C)C)cc3c21. The van der Waals surface area contributed by atoms with Gasteiger partial charge in [0, 0.05) is 40.5 Å². The van der Waals surface area contributed by atoms with E-state index >= 15 is 0 Å². The van der Waals surface area contributed by atoms with Gasteiger partial charge in [0.25, 0.3) is 0 Å². The summed E-state index contributed by atoms with van der Waals surface area (Å²) in [6.07, 6.45) is 0.940. The smallest absolute Gasteiger partial charge is 0.125 e. The molecule has 1 N–H and O–H groups in total. The van der Waals surface area contributed by atoms with Crippen LogP contribution in [0.3, 0.4) is 0 Å². The molecular weight excluding hydrogens is 330 g/mol. The number of aromatic hydroxyl groups is 1. The number of phenols is 1. The zero-order valence-corrected chi connectivity index (χ0v) is 17.0. The molecule has 3 rings (SSSR count). The van der Waals surface area contributed by atoms with Crippen molar-refractivity contribution < 1.29 is 5.11 Å². The molecule has 0 radical (unpaired) electrons. The minimum absolute atomic E-state index is 0.0103. The predicted octanol–water partition coefficient (Wildman–Crippen LogP) is 6.39. The number of hydrogen-bond acceptors (Lipinski definition) is 2. The summed E-state index contributed by atoms with van der Waals surface area (Å²) in [7, 11) is 0. The Morgan fingerprint density at radius 3 is 2.44 bits per heavy atom. The topological polar surface area (TPSA) is 23.5 Å². The lowest BCUT2D eigenvalue weighted by atomic mass is 9.89. The Balaban J connectivity index is 2.32. The minimum atomic E-state index is -0.0103. The highest BCUT2D eigenvalue weighted by molar-refractivity contribution is 6.21. The van der Waals surface area contributed by atoms with E-state index in [-0.39, 0.29) is 16.8 Å². The van der Waals surface area contributed by atoms with E-state index in [0.717, 1.165) is 29.4 Å². The summed E-state index contributed by atoms with van der Waals surface area (Å²) in [6.45, 7) is 14.1. The van der Waals surface area contributed by atoms with Crippen LogP contribution in [0.4, 0.5) is 5.69 Å². The second kappa shape index (κ2) is 6.39. The first-order chi connectivity index (χ1) is 11.6. The maximum absolute atomic E-state index is 10.7. The van der Waals surface area contributed by atoms with Crippen molar-refractivity contribution >= 4 is 28.1 Å². The fourth-order valence-corrected chi connectivity index (χ4v) is 4.21. The highest BCUT2D eigenvalue weighted by atomic mass is 35.5. The normalized spacial score (nSPS) is 18.9. The Kier molecular flexibility index (Phi) is 4.70. The van der Waals surface area contributed by atoms with Gasteiger partial charge in [0.05, 0.1) is 0 Å². The molecule has 25 heavy (non-hydrogen) atoms. The third kappa shape index (κ3) is 3.10. The van der Waals surface area contributed by atoms with E-state index in [1.165, 1.54) is 11.1 Å². The minimum Gasteiger partial charge on any atom is -0.507 e. The van der Waals surface area contributed by atoms with E-state index in [0.29, 0.717) is 11.7 Å². The largest absolute Gasteiger partial charge is 0.507 e. The number of hydrogen-bond donors (Lipinski definition) is 1. The van der Waals surface area contributed by atoms with Crippen LogP contribution in [0.1, 0.15) is 70.9 Å². The predicted molar refractivity (Wildman–Crippen MR) is 109 cm³/mol. The third-order valence-corrected chi connectivity index (χ3v) is 6.12. The summed E-state index contributed by atoms with van der Waals surface area (Å²) < 4.78 is 0. The van der Waals surface area contributed by atoms with Crippen molar-refractivity contribution in [1.82, 2.24) is 0 Å². The van der Waals surface area contributed by atoms with Crippen LogP contribution < -0.4 is 4.90 Å². The van der Waals surface area contributed by atoms with Gasteiger partial charge in [-0.2, -0.15) is 0 Å². The monoisotopic (exact) mass is 359 g/mol. The Hall–Kier alpha value is -1.41. The molecule has 0 amide bonds. The molecule has 2 nitrogen and oxygen atoms in total. The van der Waals surface area contributed by atoms with Gasteiger partial charge in [0.15, 0.2) is 0 Å². The number of phenolic OH excluding ortho intramolecular Hbond substituents is 1. The summed E-state index contributed by atoms with van der Waals surface area (Å²) in [5.74, 6) is 1.10. The van der Waals surface area contributed by atoms with Crippen molar-refractivity contribution in [1.29, 1.82) is 0 Å². The molecular formula is C22H30ClNO. The number of rotatable bonds is 3. The van der Waals surface area contributed by atoms with Crippen LogP contribution in [0, 0.1) is 0 Å². The second-order valence-corrected chi connectivity index (χ2v) is 9.16. The first-order valence-corrected chi connectivity index (χ1v) is 9.80. The molecule has 2 atom stereocenters. The molecule has 0 saturated carbocycles. The molecule has 0 saturated heterocycles. The Morgan fingerprint density at radius 2 is 1.88 bits per heavy atom. The van der Waals surface area contributed by atoms with Gasteiger partial charge in [0.2, 0.25) is 0 Å². The maximum atomic E-state index is 10.7. The summed E-state index contributed by atoms with van der Waals surface area (Å²) >= 11 is 6.77. The fraction of sp³-hybridized carbons (Fsp3) is 0.545. The van der Waals surface area contributed by atoms with Crippen molar-refractivity contribution in [3.63, 3.8) is 0 Å². The van der Waals surface area contributed by atoms with Gasteiger partial charge in [-0.25, -0.2) is 0 Å². The lowest BCUT2D eigenvalue weighted by molar-refractivity contribution is 0.478. The van der Waals surface area contributed by atoms with Crippen LogP contribution in [0.2, 0.25) is 0 Å². The summed E-state index contributed by atoms with van der Waals surface area (Å²) in [5, 5.41) is 12.9. The first-order valence-electron chi connectivity index (χ1n) is 9.36. The van der Waals surface area contributed by atoms with E-state index < -0.39 is 0 Å². The van der Waals surface area contributed by atoms with Crippen LogP contribution in [0.15, 0.2) is 24.3 Å². The fourth-order valence-electron chi connectivity index (χ4n) is 4.00. The second-order valence-electron chi connectivity index (χ2n) is 8.60. The number of alkyl halides is 1. The molecule has 0 unspecified atom stereocenters. The number of anilines is 1. The van der Waals surface area contributed by atoms with Gasteiger partial charge < -0.3 is 10.0 Å². The maximum Gasteiger partial charge on any atom is 0.125 e. The van der Waals surface area contributed by atoms with E-state index in [1.54, 1.807) is 0 Å². The molecule has 1 aliphatic heterocycles. The Morgan fingerprint density at radius 1 is 1.20 bits per heavy atom. The van der Waals surface area contributed by atoms with E-state index in [9.17, 15) is 5.11 Å². The Labute approximate surface area is 156 Å². The summed E-state index contributed by atoms with van der Waals surface area (Å²) in [6, 6.07) is 8.39. The third-order valence-electron chi connectivity index (χ3n) is 5.50. The molecule has 0 aliphatic carbocycles. The number of benzene rings is 2. The van der Waals surface area contributed by atoms with Crippen molar-refractivity contribution in [3.8, 4) is 5.75 Å². The highest BCUT2D eigenvalue weighted by Crippen LogP contribution is 2.49. The van der Waals surface area contributed by atoms with Crippen molar-refractivity contribution in [2.24, 2.45) is 0 Å². The molecule has 1 heterocycles.